The van der Waals surface area contributed by atoms with E-state index < -0.39 is 9.84 Å². The van der Waals surface area contributed by atoms with E-state index in [4.69, 9.17) is 4.74 Å². The molecular formula is C16H18O3SSe. The van der Waals surface area contributed by atoms with Crippen LogP contribution < -0.4 is 4.74 Å². The molecule has 0 heterocycles. The summed E-state index contributed by atoms with van der Waals surface area (Å²) in [5, 5.41) is 1.68. The standard InChI is InChI=1S/C16H18O3SSe/c1-19-15-9-7-14(8-10-15)13-21-12-11-20(17,18)16-5-3-2-4-6-16/h2-10H,11-13H2,1H3. The molecule has 2 rings (SSSR count). The summed E-state index contributed by atoms with van der Waals surface area (Å²) in [7, 11) is -1.48. The Morgan fingerprint density at radius 3 is 2.29 bits per heavy atom. The van der Waals surface area contributed by atoms with E-state index in [0.29, 0.717) is 4.90 Å². The van der Waals surface area contributed by atoms with Crippen LogP contribution in [0, 0.1) is 0 Å². The summed E-state index contributed by atoms with van der Waals surface area (Å²) >= 11 is 0.288. The quantitative estimate of drug-likeness (QED) is 0.557. The predicted molar refractivity (Wildman–Crippen MR) is 85.8 cm³/mol. The molecule has 0 saturated heterocycles. The van der Waals surface area contributed by atoms with Crippen molar-refractivity contribution in [2.24, 2.45) is 0 Å². The zero-order valence-corrected chi connectivity index (χ0v) is 14.4. The molecule has 2 aromatic carbocycles. The molecular weight excluding hydrogens is 351 g/mol. The van der Waals surface area contributed by atoms with Crippen LogP contribution in [0.3, 0.4) is 0 Å². The Kier molecular flexibility index (Phi) is 5.85. The van der Waals surface area contributed by atoms with Crippen LogP contribution in [0.15, 0.2) is 59.5 Å². The van der Waals surface area contributed by atoms with Gasteiger partial charge in [-0.05, 0) is 0 Å². The van der Waals surface area contributed by atoms with Gasteiger partial charge in [-0.1, -0.05) is 0 Å². The first-order valence-electron chi connectivity index (χ1n) is 6.60. The van der Waals surface area contributed by atoms with Crippen molar-refractivity contribution in [3.05, 3.63) is 60.2 Å². The van der Waals surface area contributed by atoms with Crippen LogP contribution in [-0.2, 0) is 15.2 Å². The minimum atomic E-state index is -3.13. The molecule has 0 N–H and O–H groups in total. The van der Waals surface area contributed by atoms with Gasteiger partial charge in [0.1, 0.15) is 0 Å². The zero-order valence-electron chi connectivity index (χ0n) is 11.9. The van der Waals surface area contributed by atoms with Gasteiger partial charge in [0.05, 0.1) is 0 Å². The molecule has 0 aliphatic heterocycles. The van der Waals surface area contributed by atoms with Crippen LogP contribution >= 0.6 is 0 Å². The van der Waals surface area contributed by atoms with Crippen LogP contribution in [0.1, 0.15) is 5.56 Å². The van der Waals surface area contributed by atoms with Crippen molar-refractivity contribution in [3.63, 3.8) is 0 Å². The van der Waals surface area contributed by atoms with Crippen molar-refractivity contribution in [3.8, 4) is 5.75 Å². The summed E-state index contributed by atoms with van der Waals surface area (Å²) < 4.78 is 29.4. The number of benzene rings is 2. The fourth-order valence-electron chi connectivity index (χ4n) is 1.83. The summed E-state index contributed by atoms with van der Waals surface area (Å²) in [5.41, 5.74) is 1.23. The van der Waals surface area contributed by atoms with E-state index >= 15 is 0 Å². The number of rotatable bonds is 7. The SMILES string of the molecule is COc1ccc(C[Se]CCS(=O)(=O)c2ccccc2)cc1. The third-order valence-electron chi connectivity index (χ3n) is 3.03. The molecule has 0 aliphatic carbocycles. The predicted octanol–water partition coefficient (Wildman–Crippen LogP) is 2.79. The second kappa shape index (κ2) is 7.64. The van der Waals surface area contributed by atoms with Crippen LogP contribution in [0.2, 0.25) is 5.32 Å². The second-order valence-corrected chi connectivity index (χ2v) is 8.96. The molecule has 2 aromatic rings. The van der Waals surface area contributed by atoms with E-state index in [1.807, 2.05) is 30.3 Å². The molecule has 0 atom stereocenters. The van der Waals surface area contributed by atoms with Crippen molar-refractivity contribution >= 4 is 24.8 Å². The van der Waals surface area contributed by atoms with E-state index in [0.717, 1.165) is 16.4 Å². The van der Waals surface area contributed by atoms with Crippen LogP contribution in [0.25, 0.3) is 0 Å². The number of ether oxygens (including phenoxy) is 1. The van der Waals surface area contributed by atoms with Crippen molar-refractivity contribution in [2.45, 2.75) is 15.5 Å². The molecule has 0 bridgehead atoms. The Morgan fingerprint density at radius 1 is 1.00 bits per heavy atom. The molecule has 112 valence electrons. The average molecular weight is 369 g/mol. The van der Waals surface area contributed by atoms with E-state index in [1.54, 1.807) is 31.4 Å². The first-order chi connectivity index (χ1) is 10.1. The first-order valence-corrected chi connectivity index (χ1v) is 10.7. The van der Waals surface area contributed by atoms with Gasteiger partial charge in [-0.15, -0.1) is 0 Å². The molecule has 0 amide bonds. The van der Waals surface area contributed by atoms with Gasteiger partial charge in [0, 0.05) is 0 Å². The van der Waals surface area contributed by atoms with Gasteiger partial charge in [0.15, 0.2) is 0 Å². The second-order valence-electron chi connectivity index (χ2n) is 4.53. The summed E-state index contributed by atoms with van der Waals surface area (Å²) in [5.74, 6) is 1.07. The Morgan fingerprint density at radius 2 is 1.67 bits per heavy atom. The molecule has 0 spiro atoms. The fraction of sp³-hybridized carbons (Fsp3) is 0.250. The summed E-state index contributed by atoms with van der Waals surface area (Å²) in [6, 6.07) is 16.6. The maximum atomic E-state index is 12.1. The zero-order chi connectivity index (χ0) is 15.1. The number of hydrogen-bond acceptors (Lipinski definition) is 3. The summed E-state index contributed by atoms with van der Waals surface area (Å²) in [4.78, 5) is 0.422. The molecule has 0 saturated carbocycles. The molecule has 0 aromatic heterocycles. The van der Waals surface area contributed by atoms with Crippen LogP contribution in [-0.4, -0.2) is 36.2 Å². The van der Waals surface area contributed by atoms with Crippen LogP contribution in [0.5, 0.6) is 5.75 Å². The molecule has 0 radical (unpaired) electrons. The topological polar surface area (TPSA) is 43.4 Å². The fourth-order valence-corrected chi connectivity index (χ4v) is 6.29. The maximum absolute atomic E-state index is 12.1. The third kappa shape index (κ3) is 4.88. The van der Waals surface area contributed by atoms with Crippen molar-refractivity contribution in [1.82, 2.24) is 0 Å². The minimum absolute atomic E-state index is 0.229. The monoisotopic (exact) mass is 370 g/mol. The molecule has 5 heteroatoms. The van der Waals surface area contributed by atoms with E-state index in [1.165, 1.54) is 5.56 Å². The van der Waals surface area contributed by atoms with Gasteiger partial charge < -0.3 is 0 Å². The molecule has 21 heavy (non-hydrogen) atoms. The molecule has 0 aliphatic rings. The summed E-state index contributed by atoms with van der Waals surface area (Å²) in [6.45, 7) is 0. The third-order valence-corrected chi connectivity index (χ3v) is 7.50. The van der Waals surface area contributed by atoms with Crippen molar-refractivity contribution in [2.75, 3.05) is 12.9 Å². The van der Waals surface area contributed by atoms with Gasteiger partial charge in [-0.3, -0.25) is 0 Å². The van der Waals surface area contributed by atoms with Gasteiger partial charge in [0.25, 0.3) is 0 Å². The molecule has 0 fully saturated rings. The van der Waals surface area contributed by atoms with Gasteiger partial charge >= 0.3 is 132 Å². The number of sulfone groups is 1. The van der Waals surface area contributed by atoms with E-state index in [-0.39, 0.29) is 20.7 Å². The van der Waals surface area contributed by atoms with Gasteiger partial charge in [0.2, 0.25) is 0 Å². The van der Waals surface area contributed by atoms with Crippen LogP contribution in [0.4, 0.5) is 0 Å². The Balaban J connectivity index is 1.81. The van der Waals surface area contributed by atoms with E-state index in [2.05, 4.69) is 0 Å². The Labute approximate surface area is 132 Å². The van der Waals surface area contributed by atoms with Gasteiger partial charge in [-0.2, -0.15) is 0 Å². The Bertz CT molecular complexity index is 652. The Hall–Kier alpha value is -1.29. The first kappa shape index (κ1) is 16.1. The van der Waals surface area contributed by atoms with E-state index in [9.17, 15) is 8.42 Å². The molecule has 3 nitrogen and oxygen atoms in total. The normalized spacial score (nSPS) is 11.3. The average Bonchev–Trinajstić information content (AvgIpc) is 2.53. The number of methoxy groups -OCH3 is 1. The number of hydrogen-bond donors (Lipinski definition) is 0. The summed E-state index contributed by atoms with van der Waals surface area (Å²) in [6.07, 6.45) is 0. The van der Waals surface area contributed by atoms with Crippen molar-refractivity contribution < 1.29 is 13.2 Å². The van der Waals surface area contributed by atoms with Gasteiger partial charge in [-0.25, -0.2) is 0 Å². The molecule has 0 unspecified atom stereocenters. The van der Waals surface area contributed by atoms with Crippen molar-refractivity contribution in [1.29, 1.82) is 0 Å².